The quantitative estimate of drug-likeness (QED) is 0.689. The Labute approximate surface area is 130 Å². The van der Waals surface area contributed by atoms with Crippen LogP contribution in [0.2, 0.25) is 0 Å². The van der Waals surface area contributed by atoms with Crippen molar-refractivity contribution in [3.05, 3.63) is 0 Å². The van der Waals surface area contributed by atoms with Crippen LogP contribution in [-0.2, 0) is 4.79 Å². The van der Waals surface area contributed by atoms with Gasteiger partial charge in [-0.25, -0.2) is 0 Å². The van der Waals surface area contributed by atoms with Crippen LogP contribution in [0.5, 0.6) is 0 Å². The van der Waals surface area contributed by atoms with E-state index in [1.807, 2.05) is 6.92 Å². The van der Waals surface area contributed by atoms with Gasteiger partial charge in [-0.15, -0.1) is 0 Å². The number of nitrogens with one attached hydrogen (secondary N) is 1. The van der Waals surface area contributed by atoms with E-state index in [0.717, 1.165) is 52.0 Å². The summed E-state index contributed by atoms with van der Waals surface area (Å²) in [5, 5.41) is 3.04. The summed E-state index contributed by atoms with van der Waals surface area (Å²) in [4.78, 5) is 16.5. The topological polar surface area (TPSA) is 61.6 Å². The van der Waals surface area contributed by atoms with Gasteiger partial charge in [-0.2, -0.15) is 0 Å². The third kappa shape index (κ3) is 5.57. The number of nitrogens with two attached hydrogens (primary N) is 1. The molecule has 1 rings (SSSR count). The van der Waals surface area contributed by atoms with Crippen LogP contribution in [0, 0.1) is 0 Å². The SMILES string of the molecule is CNC(C)(CCCCN1CCN(C(C)(C)C)CC1)C(N)=O. The summed E-state index contributed by atoms with van der Waals surface area (Å²) < 4.78 is 0. The lowest BCUT2D eigenvalue weighted by Gasteiger charge is -2.42. The maximum Gasteiger partial charge on any atom is 0.237 e. The number of amides is 1. The molecule has 1 aliphatic rings. The first-order chi connectivity index (χ1) is 9.69. The predicted molar refractivity (Wildman–Crippen MR) is 88.3 cm³/mol. The minimum atomic E-state index is -0.565. The summed E-state index contributed by atoms with van der Waals surface area (Å²) in [5.74, 6) is -0.260. The maximum atomic E-state index is 11.4. The molecule has 1 atom stereocenters. The van der Waals surface area contributed by atoms with Crippen molar-refractivity contribution < 1.29 is 4.79 Å². The highest BCUT2D eigenvalue weighted by molar-refractivity contribution is 5.84. The van der Waals surface area contributed by atoms with Gasteiger partial charge in [0.05, 0.1) is 5.54 Å². The van der Waals surface area contributed by atoms with Crippen molar-refractivity contribution in [3.8, 4) is 0 Å². The van der Waals surface area contributed by atoms with Gasteiger partial charge in [0, 0.05) is 31.7 Å². The molecule has 1 saturated heterocycles. The highest BCUT2D eigenvalue weighted by atomic mass is 16.1. The summed E-state index contributed by atoms with van der Waals surface area (Å²) in [7, 11) is 1.80. The molecule has 5 heteroatoms. The third-order valence-corrected chi connectivity index (χ3v) is 4.82. The average Bonchev–Trinajstić information content (AvgIpc) is 2.42. The van der Waals surface area contributed by atoms with Crippen LogP contribution >= 0.6 is 0 Å². The predicted octanol–water partition coefficient (Wildman–Crippen LogP) is 1.04. The van der Waals surface area contributed by atoms with Crippen LogP contribution in [0.4, 0.5) is 0 Å². The minimum absolute atomic E-state index is 0.260. The van der Waals surface area contributed by atoms with E-state index >= 15 is 0 Å². The zero-order valence-corrected chi connectivity index (χ0v) is 14.5. The number of likely N-dealkylation sites (N-methyl/N-ethyl adjacent to an activating group) is 1. The van der Waals surface area contributed by atoms with Crippen LogP contribution < -0.4 is 11.1 Å². The fraction of sp³-hybridized carbons (Fsp3) is 0.938. The van der Waals surface area contributed by atoms with Gasteiger partial charge in [-0.1, -0.05) is 0 Å². The average molecular weight is 298 g/mol. The number of unbranched alkanes of at least 4 members (excludes halogenated alkanes) is 1. The van der Waals surface area contributed by atoms with E-state index in [-0.39, 0.29) is 11.4 Å². The maximum absolute atomic E-state index is 11.4. The van der Waals surface area contributed by atoms with Crippen molar-refractivity contribution in [2.45, 2.75) is 58.0 Å². The third-order valence-electron chi connectivity index (χ3n) is 4.82. The molecule has 0 radical (unpaired) electrons. The van der Waals surface area contributed by atoms with Gasteiger partial charge in [-0.3, -0.25) is 9.69 Å². The number of hydrogen-bond donors (Lipinski definition) is 2. The Morgan fingerprint density at radius 1 is 1.10 bits per heavy atom. The second kappa shape index (κ2) is 7.56. The number of nitrogens with zero attached hydrogens (tertiary/aromatic N) is 2. The Hall–Kier alpha value is -0.650. The van der Waals surface area contributed by atoms with Crippen molar-refractivity contribution in [2.24, 2.45) is 5.73 Å². The molecule has 3 N–H and O–H groups in total. The smallest absolute Gasteiger partial charge is 0.237 e. The van der Waals surface area contributed by atoms with E-state index in [1.54, 1.807) is 7.05 Å². The molecule has 21 heavy (non-hydrogen) atoms. The fourth-order valence-electron chi connectivity index (χ4n) is 2.83. The Morgan fingerprint density at radius 2 is 1.67 bits per heavy atom. The molecule has 0 aromatic carbocycles. The van der Waals surface area contributed by atoms with E-state index in [1.165, 1.54) is 0 Å². The number of piperazine rings is 1. The van der Waals surface area contributed by atoms with E-state index in [2.05, 4.69) is 35.9 Å². The molecule has 1 amide bonds. The second-order valence-electron chi connectivity index (χ2n) is 7.40. The Kier molecular flexibility index (Phi) is 6.63. The second-order valence-corrected chi connectivity index (χ2v) is 7.40. The van der Waals surface area contributed by atoms with Crippen LogP contribution in [0.1, 0.15) is 47.0 Å². The molecule has 124 valence electrons. The zero-order chi connectivity index (χ0) is 16.1. The van der Waals surface area contributed by atoms with Crippen LogP contribution in [0.15, 0.2) is 0 Å². The summed E-state index contributed by atoms with van der Waals surface area (Å²) in [6.45, 7) is 14.5. The van der Waals surface area contributed by atoms with E-state index in [4.69, 9.17) is 5.73 Å². The molecule has 5 nitrogen and oxygen atoms in total. The number of carbonyl (C=O) groups excluding carboxylic acids is 1. The number of carbonyl (C=O) groups is 1. The molecular weight excluding hydrogens is 264 g/mol. The first-order valence-corrected chi connectivity index (χ1v) is 8.15. The zero-order valence-electron chi connectivity index (χ0n) is 14.5. The van der Waals surface area contributed by atoms with Crippen molar-refractivity contribution in [1.29, 1.82) is 0 Å². The molecule has 1 unspecified atom stereocenters. The van der Waals surface area contributed by atoms with Gasteiger partial charge in [-0.05, 0) is 60.5 Å². The summed E-state index contributed by atoms with van der Waals surface area (Å²) in [5.41, 5.74) is 5.16. The van der Waals surface area contributed by atoms with Crippen molar-refractivity contribution in [1.82, 2.24) is 15.1 Å². The van der Waals surface area contributed by atoms with Gasteiger partial charge in [0.2, 0.25) is 5.91 Å². The van der Waals surface area contributed by atoms with Crippen molar-refractivity contribution in [3.63, 3.8) is 0 Å². The molecule has 0 saturated carbocycles. The molecule has 0 aromatic rings. The number of primary amides is 1. The molecular formula is C16H34N4O. The molecule has 1 aliphatic heterocycles. The van der Waals surface area contributed by atoms with Gasteiger partial charge < -0.3 is 16.0 Å². The molecule has 0 aromatic heterocycles. The molecule has 1 fully saturated rings. The lowest BCUT2D eigenvalue weighted by atomic mass is 9.94. The lowest BCUT2D eigenvalue weighted by molar-refractivity contribution is -0.123. The van der Waals surface area contributed by atoms with Crippen LogP contribution in [0.3, 0.4) is 0 Å². The van der Waals surface area contributed by atoms with Crippen molar-refractivity contribution in [2.75, 3.05) is 39.8 Å². The van der Waals surface area contributed by atoms with E-state index in [0.29, 0.717) is 0 Å². The van der Waals surface area contributed by atoms with Gasteiger partial charge >= 0.3 is 0 Å². The fourth-order valence-corrected chi connectivity index (χ4v) is 2.83. The molecule has 0 bridgehead atoms. The molecule has 0 spiro atoms. The van der Waals surface area contributed by atoms with Gasteiger partial charge in [0.15, 0.2) is 0 Å². The minimum Gasteiger partial charge on any atom is -0.368 e. The summed E-state index contributed by atoms with van der Waals surface area (Å²) >= 11 is 0. The monoisotopic (exact) mass is 298 g/mol. The first kappa shape index (κ1) is 18.4. The number of rotatable bonds is 7. The number of hydrogen-bond acceptors (Lipinski definition) is 4. The highest BCUT2D eigenvalue weighted by Gasteiger charge is 2.28. The Bertz CT molecular complexity index is 332. The van der Waals surface area contributed by atoms with E-state index in [9.17, 15) is 4.79 Å². The normalized spacial score (nSPS) is 21.2. The first-order valence-electron chi connectivity index (χ1n) is 8.15. The lowest BCUT2D eigenvalue weighted by Crippen LogP contribution is -2.53. The molecule has 1 heterocycles. The Morgan fingerprint density at radius 3 is 2.10 bits per heavy atom. The Balaban J connectivity index is 2.22. The molecule has 0 aliphatic carbocycles. The van der Waals surface area contributed by atoms with Crippen LogP contribution in [0.25, 0.3) is 0 Å². The van der Waals surface area contributed by atoms with Crippen molar-refractivity contribution >= 4 is 5.91 Å². The van der Waals surface area contributed by atoms with E-state index < -0.39 is 5.54 Å². The van der Waals surface area contributed by atoms with Gasteiger partial charge in [0.1, 0.15) is 0 Å². The summed E-state index contributed by atoms with van der Waals surface area (Å²) in [6.07, 6.45) is 2.96. The van der Waals surface area contributed by atoms with Crippen LogP contribution in [-0.4, -0.2) is 66.6 Å². The summed E-state index contributed by atoms with van der Waals surface area (Å²) in [6, 6.07) is 0. The largest absolute Gasteiger partial charge is 0.368 e. The van der Waals surface area contributed by atoms with Gasteiger partial charge in [0.25, 0.3) is 0 Å². The standard InChI is InChI=1S/C16H34N4O/c1-15(2,3)20-12-10-19(11-13-20)9-7-6-8-16(4,18-5)14(17)21/h18H,6-13H2,1-5H3,(H2,17,21). The highest BCUT2D eigenvalue weighted by Crippen LogP contribution is 2.17.